The first kappa shape index (κ1) is 22.0. The van der Waals surface area contributed by atoms with Crippen molar-refractivity contribution in [2.24, 2.45) is 7.05 Å². The molecule has 0 atom stereocenters. The molecule has 0 unspecified atom stereocenters. The van der Waals surface area contributed by atoms with Crippen molar-refractivity contribution in [2.75, 3.05) is 17.5 Å². The van der Waals surface area contributed by atoms with Gasteiger partial charge in [-0.25, -0.2) is 13.4 Å². The molecule has 0 aliphatic rings. The zero-order valence-corrected chi connectivity index (χ0v) is 19.7. The number of hydrogen-bond acceptors (Lipinski definition) is 5. The highest BCUT2D eigenvalue weighted by Gasteiger charge is 2.22. The molecule has 1 N–H and O–H groups in total. The van der Waals surface area contributed by atoms with E-state index in [4.69, 9.17) is 4.98 Å². The number of rotatable bonds is 7. The summed E-state index contributed by atoms with van der Waals surface area (Å²) in [5, 5.41) is 3.97. The van der Waals surface area contributed by atoms with Crippen LogP contribution in [0.4, 0.5) is 5.69 Å². The summed E-state index contributed by atoms with van der Waals surface area (Å²) in [7, 11) is 0.0951. The van der Waals surface area contributed by atoms with Crippen LogP contribution in [0.5, 0.6) is 0 Å². The molecule has 4 rings (SSSR count). The predicted octanol–water partition coefficient (Wildman–Crippen LogP) is 4.34. The molecule has 0 aliphatic heterocycles. The molecule has 0 spiro atoms. The number of benzene rings is 2. The van der Waals surface area contributed by atoms with E-state index in [1.165, 1.54) is 0 Å². The number of aryl methyl sites for hydroxylation is 1. The number of imidazole rings is 1. The Labute approximate surface area is 191 Å². The van der Waals surface area contributed by atoms with Gasteiger partial charge in [0.15, 0.2) is 0 Å². The predicted molar refractivity (Wildman–Crippen MR) is 129 cm³/mol. The first-order valence-electron chi connectivity index (χ1n) is 10.1. The molecule has 32 heavy (non-hydrogen) atoms. The van der Waals surface area contributed by atoms with E-state index in [2.05, 4.69) is 4.72 Å². The van der Waals surface area contributed by atoms with E-state index in [1.54, 1.807) is 42.3 Å². The maximum Gasteiger partial charge on any atom is 0.256 e. The molecule has 0 saturated carbocycles. The second-order valence-corrected chi connectivity index (χ2v) is 10.3. The fraction of sp³-hybridized carbons (Fsp3) is 0.217. The van der Waals surface area contributed by atoms with Crippen LogP contribution in [-0.2, 0) is 23.6 Å². The third kappa shape index (κ3) is 4.39. The van der Waals surface area contributed by atoms with Crippen LogP contribution in [0.3, 0.4) is 0 Å². The van der Waals surface area contributed by atoms with Gasteiger partial charge >= 0.3 is 0 Å². The number of hydrogen-bond donors (Lipinski definition) is 1. The van der Waals surface area contributed by atoms with Crippen LogP contribution in [0.15, 0.2) is 59.3 Å². The molecule has 4 aromatic rings. The van der Waals surface area contributed by atoms with Gasteiger partial charge in [-0.1, -0.05) is 30.3 Å². The number of sulfonamides is 1. The zero-order valence-electron chi connectivity index (χ0n) is 18.1. The Kier molecular flexibility index (Phi) is 6.03. The number of nitrogens with zero attached hydrogens (tertiary/aromatic N) is 3. The standard InChI is InChI=1S/C23H24N4O3S2/c1-4-32(29,30)25-18-12-19(23(28)26(2)14-16-10-11-31-15-16)21-20(13-18)24-22(27(21)3)17-8-6-5-7-9-17/h5-13,15,25H,4,14H2,1-3H3. The fourth-order valence-electron chi connectivity index (χ4n) is 3.60. The van der Waals surface area contributed by atoms with Crippen LogP contribution < -0.4 is 4.72 Å². The summed E-state index contributed by atoms with van der Waals surface area (Å²) in [4.78, 5) is 19.8. The summed E-state index contributed by atoms with van der Waals surface area (Å²) in [6.45, 7) is 2.02. The van der Waals surface area contributed by atoms with Crippen molar-refractivity contribution in [3.8, 4) is 11.4 Å². The van der Waals surface area contributed by atoms with Crippen LogP contribution in [0, 0.1) is 0 Å². The highest BCUT2D eigenvalue weighted by atomic mass is 32.2. The zero-order chi connectivity index (χ0) is 22.9. The van der Waals surface area contributed by atoms with Crippen molar-refractivity contribution >= 4 is 44.0 Å². The van der Waals surface area contributed by atoms with E-state index in [0.29, 0.717) is 34.7 Å². The van der Waals surface area contributed by atoms with Gasteiger partial charge in [0.25, 0.3) is 5.91 Å². The Morgan fingerprint density at radius 1 is 1.19 bits per heavy atom. The minimum atomic E-state index is -3.51. The number of carbonyl (C=O) groups is 1. The number of aromatic nitrogens is 2. The maximum absolute atomic E-state index is 13.5. The molecule has 0 bridgehead atoms. The van der Waals surface area contributed by atoms with Crippen molar-refractivity contribution in [3.63, 3.8) is 0 Å². The summed E-state index contributed by atoms with van der Waals surface area (Å²) < 4.78 is 28.8. The molecule has 0 saturated heterocycles. The largest absolute Gasteiger partial charge is 0.337 e. The number of anilines is 1. The molecule has 0 fully saturated rings. The normalized spacial score (nSPS) is 11.6. The molecule has 2 heterocycles. The summed E-state index contributed by atoms with van der Waals surface area (Å²) in [5.74, 6) is 0.427. The SMILES string of the molecule is CCS(=O)(=O)Nc1cc(C(=O)N(C)Cc2ccsc2)c2c(c1)nc(-c1ccccc1)n2C. The smallest absolute Gasteiger partial charge is 0.256 e. The van der Waals surface area contributed by atoms with Crippen molar-refractivity contribution in [2.45, 2.75) is 13.5 Å². The van der Waals surface area contributed by atoms with Crippen LogP contribution in [0.25, 0.3) is 22.4 Å². The lowest BCUT2D eigenvalue weighted by atomic mass is 10.1. The molecule has 2 aromatic heterocycles. The Hall–Kier alpha value is -3.17. The third-order valence-corrected chi connectivity index (χ3v) is 7.27. The van der Waals surface area contributed by atoms with E-state index >= 15 is 0 Å². The van der Waals surface area contributed by atoms with Gasteiger partial charge in [-0.3, -0.25) is 9.52 Å². The van der Waals surface area contributed by atoms with Gasteiger partial charge in [-0.15, -0.1) is 0 Å². The van der Waals surface area contributed by atoms with E-state index in [0.717, 1.165) is 11.1 Å². The van der Waals surface area contributed by atoms with Gasteiger partial charge in [-0.2, -0.15) is 11.3 Å². The quantitative estimate of drug-likeness (QED) is 0.437. The van der Waals surface area contributed by atoms with Gasteiger partial charge in [0.05, 0.1) is 28.0 Å². The van der Waals surface area contributed by atoms with Gasteiger partial charge in [0, 0.05) is 26.2 Å². The molecule has 2 aromatic carbocycles. The average Bonchev–Trinajstić information content (AvgIpc) is 3.41. The molecule has 0 radical (unpaired) electrons. The molecular formula is C23H24N4O3S2. The summed E-state index contributed by atoms with van der Waals surface area (Å²) in [6.07, 6.45) is 0. The van der Waals surface area contributed by atoms with Crippen LogP contribution in [0.2, 0.25) is 0 Å². The third-order valence-electron chi connectivity index (χ3n) is 5.23. The molecular weight excluding hydrogens is 444 g/mol. The Morgan fingerprint density at radius 2 is 1.94 bits per heavy atom. The van der Waals surface area contributed by atoms with Crippen molar-refractivity contribution < 1.29 is 13.2 Å². The summed E-state index contributed by atoms with van der Waals surface area (Å²) in [6, 6.07) is 14.9. The van der Waals surface area contributed by atoms with E-state index in [1.807, 2.05) is 58.8 Å². The van der Waals surface area contributed by atoms with Crippen LogP contribution in [-0.4, -0.2) is 41.6 Å². The van der Waals surface area contributed by atoms with Gasteiger partial charge in [0.1, 0.15) is 5.82 Å². The van der Waals surface area contributed by atoms with Crippen LogP contribution >= 0.6 is 11.3 Å². The fourth-order valence-corrected chi connectivity index (χ4v) is 4.89. The summed E-state index contributed by atoms with van der Waals surface area (Å²) >= 11 is 1.58. The Morgan fingerprint density at radius 3 is 2.59 bits per heavy atom. The number of thiophene rings is 1. The monoisotopic (exact) mass is 468 g/mol. The maximum atomic E-state index is 13.5. The second kappa shape index (κ2) is 8.76. The molecule has 9 heteroatoms. The molecule has 0 aliphatic carbocycles. The lowest BCUT2D eigenvalue weighted by Crippen LogP contribution is -2.27. The van der Waals surface area contributed by atoms with E-state index < -0.39 is 10.0 Å². The molecule has 7 nitrogen and oxygen atoms in total. The van der Waals surface area contributed by atoms with Gasteiger partial charge in [-0.05, 0) is 41.4 Å². The number of carbonyl (C=O) groups excluding carboxylic acids is 1. The first-order valence-corrected chi connectivity index (χ1v) is 12.7. The van der Waals surface area contributed by atoms with Crippen molar-refractivity contribution in [3.05, 3.63) is 70.4 Å². The molecule has 166 valence electrons. The lowest BCUT2D eigenvalue weighted by molar-refractivity contribution is 0.0787. The number of nitrogens with one attached hydrogen (secondary N) is 1. The highest BCUT2D eigenvalue weighted by molar-refractivity contribution is 7.92. The lowest BCUT2D eigenvalue weighted by Gasteiger charge is -2.18. The average molecular weight is 469 g/mol. The minimum Gasteiger partial charge on any atom is -0.337 e. The highest BCUT2D eigenvalue weighted by Crippen LogP contribution is 2.30. The Bertz CT molecular complexity index is 1360. The van der Waals surface area contributed by atoms with Crippen molar-refractivity contribution in [1.29, 1.82) is 0 Å². The Balaban J connectivity index is 1.86. The van der Waals surface area contributed by atoms with E-state index in [-0.39, 0.29) is 11.7 Å². The van der Waals surface area contributed by atoms with Crippen molar-refractivity contribution in [1.82, 2.24) is 14.5 Å². The second-order valence-electron chi connectivity index (χ2n) is 7.55. The topological polar surface area (TPSA) is 84.3 Å². The molecule has 1 amide bonds. The van der Waals surface area contributed by atoms with E-state index in [9.17, 15) is 13.2 Å². The number of fused-ring (bicyclic) bond motifs is 1. The van der Waals surface area contributed by atoms with Gasteiger partial charge in [0.2, 0.25) is 10.0 Å². The van der Waals surface area contributed by atoms with Gasteiger partial charge < -0.3 is 9.47 Å². The number of amides is 1. The minimum absolute atomic E-state index is 0.0656. The first-order chi connectivity index (χ1) is 15.3. The van der Waals surface area contributed by atoms with Crippen LogP contribution in [0.1, 0.15) is 22.8 Å². The summed E-state index contributed by atoms with van der Waals surface area (Å²) in [5.41, 5.74) is 3.88.